The zero-order valence-electron chi connectivity index (χ0n) is 34.3. The van der Waals surface area contributed by atoms with Crippen molar-refractivity contribution in [2.45, 2.75) is 119 Å². The standard InChI is InChI=1S/C50H56N2O2/c1-27(2)33-13-17-35(18-14-33)51-45-23-39(31(9)10)37(29(5)6)21-41(45)49(53)43-26-48-44(25-47(43)51)50(54)42-22-38(30(7)8)40(32(11)12)24-46(42)52(48)36-19-15-34(16-20-36)28(3)4/h13-32H,1-12H3. The Kier molecular flexibility index (Phi) is 9.71. The molecule has 0 aliphatic heterocycles. The summed E-state index contributed by atoms with van der Waals surface area (Å²) in [4.78, 5) is 30.0. The van der Waals surface area contributed by atoms with Crippen LogP contribution in [0, 0.1) is 0 Å². The third-order valence-electron chi connectivity index (χ3n) is 11.6. The lowest BCUT2D eigenvalue weighted by molar-refractivity contribution is 0.792. The van der Waals surface area contributed by atoms with Gasteiger partial charge in [0.15, 0.2) is 10.9 Å². The van der Waals surface area contributed by atoms with Gasteiger partial charge >= 0.3 is 0 Å². The molecule has 0 saturated carbocycles. The number of pyridine rings is 2. The summed E-state index contributed by atoms with van der Waals surface area (Å²) in [5.41, 5.74) is 12.5. The molecule has 0 fully saturated rings. The van der Waals surface area contributed by atoms with Crippen LogP contribution in [0.15, 0.2) is 94.5 Å². The van der Waals surface area contributed by atoms with Gasteiger partial charge in [-0.25, -0.2) is 0 Å². The van der Waals surface area contributed by atoms with Crippen LogP contribution in [0.3, 0.4) is 0 Å². The van der Waals surface area contributed by atoms with Crippen LogP contribution >= 0.6 is 0 Å². The van der Waals surface area contributed by atoms with E-state index in [-0.39, 0.29) is 34.5 Å². The first-order chi connectivity index (χ1) is 25.6. The van der Waals surface area contributed by atoms with Crippen LogP contribution in [0.2, 0.25) is 0 Å². The van der Waals surface area contributed by atoms with Crippen LogP contribution in [0.25, 0.3) is 55.0 Å². The van der Waals surface area contributed by atoms with Crippen LogP contribution in [-0.2, 0) is 0 Å². The molecule has 2 heterocycles. The fraction of sp³-hybridized carbons (Fsp3) is 0.360. The summed E-state index contributed by atoms with van der Waals surface area (Å²) in [6.45, 7) is 26.5. The van der Waals surface area contributed by atoms with E-state index in [1.54, 1.807) is 0 Å². The number of fused-ring (bicyclic) bond motifs is 4. The van der Waals surface area contributed by atoms with Crippen molar-refractivity contribution < 1.29 is 0 Å². The third kappa shape index (κ3) is 6.18. The monoisotopic (exact) mass is 716 g/mol. The normalized spacial score (nSPS) is 12.5. The molecule has 0 aliphatic rings. The third-order valence-corrected chi connectivity index (χ3v) is 11.6. The maximum atomic E-state index is 15.0. The Labute approximate surface area is 320 Å². The molecule has 278 valence electrons. The Balaban J connectivity index is 1.72. The second-order valence-electron chi connectivity index (χ2n) is 17.3. The summed E-state index contributed by atoms with van der Waals surface area (Å²) in [6, 6.07) is 30.1. The van der Waals surface area contributed by atoms with Gasteiger partial charge in [-0.1, -0.05) is 107 Å². The molecule has 4 heteroatoms. The minimum absolute atomic E-state index is 0.0126. The fourth-order valence-corrected chi connectivity index (χ4v) is 8.41. The van der Waals surface area contributed by atoms with Gasteiger partial charge in [-0.15, -0.1) is 0 Å². The van der Waals surface area contributed by atoms with E-state index in [2.05, 4.69) is 165 Å². The molecule has 0 N–H and O–H groups in total. The molecule has 0 saturated heterocycles. The highest BCUT2D eigenvalue weighted by molar-refractivity contribution is 6.05. The fourth-order valence-electron chi connectivity index (χ4n) is 8.41. The summed E-state index contributed by atoms with van der Waals surface area (Å²) < 4.78 is 4.44. The maximum absolute atomic E-state index is 15.0. The second kappa shape index (κ2) is 14.0. The molecule has 0 aliphatic carbocycles. The minimum Gasteiger partial charge on any atom is -0.309 e. The minimum atomic E-state index is -0.0126. The summed E-state index contributed by atoms with van der Waals surface area (Å²) in [5.74, 6) is 1.84. The smallest absolute Gasteiger partial charge is 0.197 e. The van der Waals surface area contributed by atoms with Crippen LogP contribution in [-0.4, -0.2) is 9.13 Å². The Bertz CT molecular complexity index is 2500. The lowest BCUT2D eigenvalue weighted by Crippen LogP contribution is -2.16. The molecular formula is C50H56N2O2. The van der Waals surface area contributed by atoms with Gasteiger partial charge in [0.2, 0.25) is 0 Å². The number of benzene rings is 5. The van der Waals surface area contributed by atoms with Gasteiger partial charge in [-0.2, -0.15) is 0 Å². The topological polar surface area (TPSA) is 44.0 Å². The molecule has 0 bridgehead atoms. The van der Waals surface area contributed by atoms with Gasteiger partial charge in [0.05, 0.1) is 22.1 Å². The van der Waals surface area contributed by atoms with Crippen molar-refractivity contribution in [1.29, 1.82) is 0 Å². The van der Waals surface area contributed by atoms with Crippen molar-refractivity contribution >= 4 is 43.6 Å². The van der Waals surface area contributed by atoms with E-state index in [1.165, 1.54) is 33.4 Å². The lowest BCUT2D eigenvalue weighted by atomic mass is 9.88. The van der Waals surface area contributed by atoms with Gasteiger partial charge < -0.3 is 9.13 Å². The van der Waals surface area contributed by atoms with Crippen LogP contribution < -0.4 is 10.9 Å². The Hall–Kier alpha value is -4.96. The summed E-state index contributed by atoms with van der Waals surface area (Å²) in [5, 5.41) is 2.60. The van der Waals surface area contributed by atoms with E-state index >= 15 is 0 Å². The molecular weight excluding hydrogens is 661 g/mol. The SMILES string of the molecule is CC(C)c1ccc(-n2c3cc(C(C)C)c(C(C)C)cc3c(=O)c3cc4c(cc32)c(=O)c2cc(C(C)C)c(C(C)C)cc2n4-c2ccc(C(C)C)cc2)cc1. The Morgan fingerprint density at radius 2 is 0.593 bits per heavy atom. The van der Waals surface area contributed by atoms with Gasteiger partial charge in [0.1, 0.15) is 0 Å². The lowest BCUT2D eigenvalue weighted by Gasteiger charge is -2.23. The van der Waals surface area contributed by atoms with E-state index in [4.69, 9.17) is 0 Å². The van der Waals surface area contributed by atoms with Crippen LogP contribution in [0.5, 0.6) is 0 Å². The van der Waals surface area contributed by atoms with Gasteiger partial charge in [0, 0.05) is 32.9 Å². The molecule has 2 aromatic heterocycles. The average Bonchev–Trinajstić information content (AvgIpc) is 3.14. The second-order valence-corrected chi connectivity index (χ2v) is 17.3. The van der Waals surface area contributed by atoms with Crippen molar-refractivity contribution in [1.82, 2.24) is 9.13 Å². The molecule has 0 atom stereocenters. The van der Waals surface area contributed by atoms with Crippen molar-refractivity contribution in [3.05, 3.63) is 139 Å². The van der Waals surface area contributed by atoms with Gasteiger partial charge in [-0.05, 0) is 130 Å². The van der Waals surface area contributed by atoms with E-state index < -0.39 is 0 Å². The molecule has 7 aromatic rings. The van der Waals surface area contributed by atoms with E-state index in [9.17, 15) is 9.59 Å². The van der Waals surface area contributed by atoms with Gasteiger partial charge in [-0.3, -0.25) is 9.59 Å². The summed E-state index contributed by atoms with van der Waals surface area (Å²) in [6.07, 6.45) is 0. The van der Waals surface area contributed by atoms with Gasteiger partial charge in [0.25, 0.3) is 0 Å². The summed E-state index contributed by atoms with van der Waals surface area (Å²) >= 11 is 0. The first-order valence-electron chi connectivity index (χ1n) is 20.0. The Morgan fingerprint density at radius 1 is 0.333 bits per heavy atom. The number of hydrogen-bond donors (Lipinski definition) is 0. The number of hydrogen-bond acceptors (Lipinski definition) is 2. The van der Waals surface area contributed by atoms with E-state index in [0.717, 1.165) is 33.4 Å². The molecule has 54 heavy (non-hydrogen) atoms. The number of aromatic nitrogens is 2. The highest BCUT2D eigenvalue weighted by Gasteiger charge is 2.23. The molecule has 0 radical (unpaired) electrons. The maximum Gasteiger partial charge on any atom is 0.197 e. The van der Waals surface area contributed by atoms with Crippen molar-refractivity contribution in [2.24, 2.45) is 0 Å². The van der Waals surface area contributed by atoms with Crippen LogP contribution in [0.4, 0.5) is 0 Å². The molecule has 7 rings (SSSR count). The zero-order valence-corrected chi connectivity index (χ0v) is 34.3. The Morgan fingerprint density at radius 3 is 0.870 bits per heavy atom. The van der Waals surface area contributed by atoms with E-state index in [0.29, 0.717) is 33.4 Å². The quantitative estimate of drug-likeness (QED) is 0.147. The zero-order chi connectivity index (χ0) is 38.9. The molecule has 0 spiro atoms. The first kappa shape index (κ1) is 37.4. The molecule has 5 aromatic carbocycles. The van der Waals surface area contributed by atoms with E-state index in [1.807, 2.05) is 12.1 Å². The highest BCUT2D eigenvalue weighted by Crippen LogP contribution is 2.37. The largest absolute Gasteiger partial charge is 0.309 e. The first-order valence-corrected chi connectivity index (χ1v) is 20.0. The predicted molar refractivity (Wildman–Crippen MR) is 232 cm³/mol. The highest BCUT2D eigenvalue weighted by atomic mass is 16.1. The molecule has 0 amide bonds. The average molecular weight is 717 g/mol. The van der Waals surface area contributed by atoms with Crippen molar-refractivity contribution in [3.8, 4) is 11.4 Å². The number of nitrogens with zero attached hydrogens (tertiary/aromatic N) is 2. The number of rotatable bonds is 8. The van der Waals surface area contributed by atoms with Crippen LogP contribution in [0.1, 0.15) is 152 Å². The van der Waals surface area contributed by atoms with Crippen molar-refractivity contribution in [2.75, 3.05) is 0 Å². The predicted octanol–water partition coefficient (Wildman–Crippen LogP) is 13.3. The summed E-state index contributed by atoms with van der Waals surface area (Å²) in [7, 11) is 0. The molecule has 0 unspecified atom stereocenters. The van der Waals surface area contributed by atoms with Crippen molar-refractivity contribution in [3.63, 3.8) is 0 Å². The molecule has 4 nitrogen and oxygen atoms in total.